The molecule has 0 aliphatic rings. The van der Waals surface area contributed by atoms with Crippen LogP contribution in [0.1, 0.15) is 45.7 Å². The van der Waals surface area contributed by atoms with E-state index < -0.39 is 12.1 Å². The fourth-order valence-electron chi connectivity index (χ4n) is 3.49. The predicted molar refractivity (Wildman–Crippen MR) is 140 cm³/mol. The summed E-state index contributed by atoms with van der Waals surface area (Å²) >= 11 is 0. The van der Waals surface area contributed by atoms with E-state index in [1.54, 1.807) is 12.4 Å². The van der Waals surface area contributed by atoms with Crippen LogP contribution in [0.3, 0.4) is 0 Å². The number of aliphatic imine (C=N–C) groups is 1. The van der Waals surface area contributed by atoms with Crippen molar-refractivity contribution >= 4 is 19.9 Å². The summed E-state index contributed by atoms with van der Waals surface area (Å²) in [5, 5.41) is 14.1. The Kier molecular flexibility index (Phi) is 11.1. The number of amides is 2. The van der Waals surface area contributed by atoms with Gasteiger partial charge in [-0.3, -0.25) is 4.99 Å². The van der Waals surface area contributed by atoms with Crippen molar-refractivity contribution in [1.82, 2.24) is 10.2 Å². The van der Waals surface area contributed by atoms with Gasteiger partial charge in [0.1, 0.15) is 0 Å². The van der Waals surface area contributed by atoms with Gasteiger partial charge in [-0.05, 0) is 45.0 Å². The number of nitrogens with one attached hydrogen (secondary N) is 1. The lowest BCUT2D eigenvalue weighted by Crippen LogP contribution is -2.52. The summed E-state index contributed by atoms with van der Waals surface area (Å²) in [6, 6.07) is 19.3. The summed E-state index contributed by atoms with van der Waals surface area (Å²) in [5.74, 6) is 0.268. The summed E-state index contributed by atoms with van der Waals surface area (Å²) in [4.78, 5) is 19.1. The van der Waals surface area contributed by atoms with Gasteiger partial charge in [0.2, 0.25) is 0 Å². The molecule has 183 valence electrons. The molecule has 0 aliphatic carbocycles. The van der Waals surface area contributed by atoms with Crippen molar-refractivity contribution < 1.29 is 14.6 Å². The molecule has 6 nitrogen and oxygen atoms in total. The van der Waals surface area contributed by atoms with Crippen LogP contribution in [0, 0.1) is 5.92 Å². The van der Waals surface area contributed by atoms with E-state index in [1.165, 1.54) is 6.40 Å². The zero-order valence-electron chi connectivity index (χ0n) is 21.1. The summed E-state index contributed by atoms with van der Waals surface area (Å²) in [6.45, 7) is 10.7. The highest BCUT2D eigenvalue weighted by molar-refractivity contribution is 6.29. The Morgan fingerprint density at radius 2 is 1.65 bits per heavy atom. The average Bonchev–Trinajstić information content (AvgIpc) is 2.77. The number of carbonyl (C=O) groups excluding carboxylic acids is 1. The number of benzene rings is 2. The predicted octanol–water partition coefficient (Wildman–Crippen LogP) is 4.29. The fraction of sp³-hybridized carbons (Fsp3) is 0.481. The van der Waals surface area contributed by atoms with Gasteiger partial charge in [-0.2, -0.15) is 0 Å². The SMILES string of the molecule is CC(C)CN(C[C@@H](O)[C@H](Cc1ccccc1)N=CO[B]Cc1ccccc1)C(=O)NC(C)(C)C. The first-order valence-electron chi connectivity index (χ1n) is 12.0. The Hall–Kier alpha value is -2.80. The van der Waals surface area contributed by atoms with E-state index in [0.717, 1.165) is 11.1 Å². The zero-order chi connectivity index (χ0) is 25.0. The number of rotatable bonds is 12. The summed E-state index contributed by atoms with van der Waals surface area (Å²) < 4.78 is 5.52. The third-order valence-electron chi connectivity index (χ3n) is 5.07. The maximum Gasteiger partial charge on any atom is 0.375 e. The first kappa shape index (κ1) is 27.4. The van der Waals surface area contributed by atoms with Crippen LogP contribution in [0.2, 0.25) is 0 Å². The minimum absolute atomic E-state index is 0.183. The Morgan fingerprint density at radius 3 is 2.21 bits per heavy atom. The second-order valence-corrected chi connectivity index (χ2v) is 10.1. The lowest BCUT2D eigenvalue weighted by atomic mass is 9.90. The van der Waals surface area contributed by atoms with Gasteiger partial charge in [0.25, 0.3) is 0 Å². The second kappa shape index (κ2) is 13.8. The highest BCUT2D eigenvalue weighted by Gasteiger charge is 2.26. The molecule has 0 spiro atoms. The first-order chi connectivity index (χ1) is 16.1. The monoisotopic (exact) mass is 464 g/mol. The van der Waals surface area contributed by atoms with Gasteiger partial charge in [0.05, 0.1) is 18.7 Å². The van der Waals surface area contributed by atoms with Crippen molar-refractivity contribution in [2.45, 2.75) is 65.0 Å². The molecule has 2 aromatic carbocycles. The fourth-order valence-corrected chi connectivity index (χ4v) is 3.49. The summed E-state index contributed by atoms with van der Waals surface area (Å²) in [5.41, 5.74) is 1.85. The molecular weight excluding hydrogens is 425 g/mol. The third kappa shape index (κ3) is 10.9. The van der Waals surface area contributed by atoms with Crippen LogP contribution in [0.25, 0.3) is 0 Å². The van der Waals surface area contributed by atoms with Crippen molar-refractivity contribution in [3.05, 3.63) is 71.8 Å². The van der Waals surface area contributed by atoms with Gasteiger partial charge < -0.3 is 20.0 Å². The number of hydrogen-bond acceptors (Lipinski definition) is 4. The molecule has 2 atom stereocenters. The van der Waals surface area contributed by atoms with Crippen LogP contribution < -0.4 is 5.32 Å². The molecule has 0 unspecified atom stereocenters. The van der Waals surface area contributed by atoms with Crippen molar-refractivity contribution in [3.8, 4) is 0 Å². The number of hydrogen-bond donors (Lipinski definition) is 2. The molecule has 34 heavy (non-hydrogen) atoms. The minimum Gasteiger partial charge on any atom is -0.555 e. The molecule has 2 aromatic rings. The van der Waals surface area contributed by atoms with E-state index in [0.29, 0.717) is 19.3 Å². The maximum absolute atomic E-state index is 12.9. The zero-order valence-corrected chi connectivity index (χ0v) is 21.1. The van der Waals surface area contributed by atoms with E-state index in [9.17, 15) is 9.90 Å². The number of aliphatic hydroxyl groups is 1. The van der Waals surface area contributed by atoms with Crippen molar-refractivity contribution in [1.29, 1.82) is 0 Å². The first-order valence-corrected chi connectivity index (χ1v) is 12.0. The van der Waals surface area contributed by atoms with Crippen LogP contribution in [0.4, 0.5) is 4.79 Å². The van der Waals surface area contributed by atoms with Crippen LogP contribution >= 0.6 is 0 Å². The molecule has 0 bridgehead atoms. The van der Waals surface area contributed by atoms with Crippen LogP contribution in [-0.4, -0.2) is 60.7 Å². The van der Waals surface area contributed by atoms with Gasteiger partial charge in [-0.25, -0.2) is 4.79 Å². The third-order valence-corrected chi connectivity index (χ3v) is 5.07. The number of nitrogens with zero attached hydrogens (tertiary/aromatic N) is 2. The van der Waals surface area contributed by atoms with Crippen LogP contribution in [0.5, 0.6) is 0 Å². The van der Waals surface area contributed by atoms with Crippen LogP contribution in [-0.2, 0) is 17.4 Å². The molecule has 0 heterocycles. The molecule has 0 saturated heterocycles. The quantitative estimate of drug-likeness (QED) is 0.213. The molecule has 0 saturated carbocycles. The molecule has 7 heteroatoms. The van der Waals surface area contributed by atoms with E-state index >= 15 is 0 Å². The molecular formula is C27H39BN3O3. The number of carbonyl (C=O) groups is 1. The second-order valence-electron chi connectivity index (χ2n) is 10.1. The Labute approximate surface area is 205 Å². The van der Waals surface area contributed by atoms with E-state index in [2.05, 4.69) is 24.2 Å². The van der Waals surface area contributed by atoms with Gasteiger partial charge >= 0.3 is 13.5 Å². The van der Waals surface area contributed by atoms with Crippen molar-refractivity contribution in [2.24, 2.45) is 10.9 Å². The Balaban J connectivity index is 2.06. The molecule has 0 fully saturated rings. The Morgan fingerprint density at radius 1 is 1.06 bits per heavy atom. The highest BCUT2D eigenvalue weighted by Crippen LogP contribution is 2.13. The molecule has 1 radical (unpaired) electrons. The normalized spacial score (nSPS) is 13.5. The number of aliphatic hydroxyl groups excluding tert-OH is 1. The maximum atomic E-state index is 12.9. The Bertz CT molecular complexity index is 870. The van der Waals surface area contributed by atoms with Crippen LogP contribution in [0.15, 0.2) is 65.7 Å². The van der Waals surface area contributed by atoms with Crippen molar-refractivity contribution in [2.75, 3.05) is 13.1 Å². The van der Waals surface area contributed by atoms with E-state index in [1.807, 2.05) is 81.4 Å². The van der Waals surface area contributed by atoms with Gasteiger partial charge in [0, 0.05) is 12.1 Å². The molecule has 2 rings (SSSR count). The smallest absolute Gasteiger partial charge is 0.375 e. The van der Waals surface area contributed by atoms with Gasteiger partial charge in [-0.15, -0.1) is 0 Å². The molecule has 0 aliphatic heterocycles. The lowest BCUT2D eigenvalue weighted by Gasteiger charge is -2.32. The van der Waals surface area contributed by atoms with E-state index in [4.69, 9.17) is 4.65 Å². The highest BCUT2D eigenvalue weighted by atomic mass is 16.4. The topological polar surface area (TPSA) is 74.2 Å². The lowest BCUT2D eigenvalue weighted by molar-refractivity contribution is 0.0942. The largest absolute Gasteiger partial charge is 0.555 e. The molecule has 0 aromatic heterocycles. The summed E-state index contributed by atoms with van der Waals surface area (Å²) in [6.07, 6.45) is 1.74. The summed E-state index contributed by atoms with van der Waals surface area (Å²) in [7, 11) is 1.69. The molecule has 2 N–H and O–H groups in total. The minimum atomic E-state index is -0.848. The standard InChI is InChI=1S/C27H39BN3O3/c1-21(2)18-31(26(33)30-27(3,4)5)19-25(32)24(16-22-12-8-6-9-13-22)29-20-34-28-17-23-14-10-7-11-15-23/h6-15,20-21,24-25,32H,16-19H2,1-5H3,(H,30,33)/t24-,25+/m0/s1. The number of urea groups is 1. The van der Waals surface area contributed by atoms with Gasteiger partial charge in [0.15, 0.2) is 6.40 Å². The van der Waals surface area contributed by atoms with E-state index in [-0.39, 0.29) is 24.0 Å². The van der Waals surface area contributed by atoms with Gasteiger partial charge in [-0.1, -0.05) is 80.1 Å². The van der Waals surface area contributed by atoms with Crippen molar-refractivity contribution in [3.63, 3.8) is 0 Å². The molecule has 2 amide bonds. The average molecular weight is 464 g/mol.